The highest BCUT2D eigenvalue weighted by Gasteiger charge is 2.70. The van der Waals surface area contributed by atoms with Crippen LogP contribution in [0.1, 0.15) is 17.5 Å². The number of aromatic hydroxyl groups is 1. The molecule has 3 N–H and O–H groups in total. The molecule has 3 amide bonds. The normalized spacial score (nSPS) is 28.3. The molecule has 0 aliphatic carbocycles. The van der Waals surface area contributed by atoms with Gasteiger partial charge < -0.3 is 15.2 Å². The molecule has 0 saturated carbocycles. The van der Waals surface area contributed by atoms with E-state index in [2.05, 4.69) is 10.6 Å². The number of likely N-dealkylation sites (tertiary alicyclic amines) is 1. The number of fused-ring (bicyclic) bond motifs is 4. The maximum absolute atomic E-state index is 13.6. The average Bonchev–Trinajstić information content (AvgIpc) is 3.36. The molecule has 3 heterocycles. The average molecular weight is 435 g/mol. The van der Waals surface area contributed by atoms with Gasteiger partial charge in [-0.3, -0.25) is 24.6 Å². The molecular formula is C24H25N3O5. The van der Waals surface area contributed by atoms with Gasteiger partial charge in [-0.1, -0.05) is 30.3 Å². The number of anilines is 1. The van der Waals surface area contributed by atoms with Crippen molar-refractivity contribution in [1.29, 1.82) is 0 Å². The number of carbonyl (C=O) groups excluding carboxylic acids is 3. The highest BCUT2D eigenvalue weighted by Crippen LogP contribution is 2.53. The highest BCUT2D eigenvalue weighted by atomic mass is 16.5. The fraction of sp³-hybridized carbons (Fsp3) is 0.375. The first-order valence-electron chi connectivity index (χ1n) is 10.8. The van der Waals surface area contributed by atoms with Crippen LogP contribution in [0.25, 0.3) is 0 Å². The SMILES string of the molecule is COCCCN1C(=O)[C@@H]2[C@@H](C1=O)[C@@]1(N[C@@H]2Cc2ccc(O)cc2)C(=O)Nc2ccccc21. The molecule has 0 unspecified atom stereocenters. The quantitative estimate of drug-likeness (QED) is 0.468. The number of rotatable bonds is 6. The summed E-state index contributed by atoms with van der Waals surface area (Å²) in [5, 5.41) is 15.9. The van der Waals surface area contributed by atoms with E-state index in [1.165, 1.54) is 4.90 Å². The van der Waals surface area contributed by atoms with E-state index in [1.54, 1.807) is 31.4 Å². The summed E-state index contributed by atoms with van der Waals surface area (Å²) < 4.78 is 5.09. The van der Waals surface area contributed by atoms with Gasteiger partial charge in [0.1, 0.15) is 11.3 Å². The van der Waals surface area contributed by atoms with E-state index < -0.39 is 23.4 Å². The van der Waals surface area contributed by atoms with Gasteiger partial charge in [0, 0.05) is 37.6 Å². The summed E-state index contributed by atoms with van der Waals surface area (Å²) in [7, 11) is 1.58. The van der Waals surface area contributed by atoms with Crippen LogP contribution in [-0.2, 0) is 31.1 Å². The molecule has 2 aromatic rings. The Morgan fingerprint density at radius 3 is 2.56 bits per heavy atom. The van der Waals surface area contributed by atoms with Crippen LogP contribution < -0.4 is 10.6 Å². The van der Waals surface area contributed by atoms with E-state index in [9.17, 15) is 19.5 Å². The molecule has 3 aliphatic rings. The molecule has 0 radical (unpaired) electrons. The van der Waals surface area contributed by atoms with Crippen LogP contribution in [0.5, 0.6) is 5.75 Å². The van der Waals surface area contributed by atoms with Crippen molar-refractivity contribution in [3.05, 3.63) is 59.7 Å². The number of carbonyl (C=O) groups is 3. The molecule has 1 spiro atoms. The summed E-state index contributed by atoms with van der Waals surface area (Å²) >= 11 is 0. The molecular weight excluding hydrogens is 410 g/mol. The van der Waals surface area contributed by atoms with Crippen molar-refractivity contribution in [2.75, 3.05) is 25.6 Å². The summed E-state index contributed by atoms with van der Waals surface area (Å²) in [6.45, 7) is 0.708. The van der Waals surface area contributed by atoms with Gasteiger partial charge >= 0.3 is 0 Å². The number of amides is 3. The topological polar surface area (TPSA) is 108 Å². The van der Waals surface area contributed by atoms with E-state index in [1.807, 2.05) is 24.3 Å². The third kappa shape index (κ3) is 2.94. The number of benzene rings is 2. The summed E-state index contributed by atoms with van der Waals surface area (Å²) in [5.74, 6) is -2.19. The van der Waals surface area contributed by atoms with Gasteiger partial charge in [-0.2, -0.15) is 0 Å². The fourth-order valence-electron chi connectivity index (χ4n) is 5.47. The first kappa shape index (κ1) is 20.7. The summed E-state index contributed by atoms with van der Waals surface area (Å²) in [4.78, 5) is 41.7. The summed E-state index contributed by atoms with van der Waals surface area (Å²) in [6.07, 6.45) is 0.989. The third-order valence-corrected chi connectivity index (χ3v) is 6.84. The van der Waals surface area contributed by atoms with Crippen LogP contribution in [-0.4, -0.2) is 54.0 Å². The minimum atomic E-state index is -1.29. The number of para-hydroxylation sites is 1. The molecule has 8 nitrogen and oxygen atoms in total. The van der Waals surface area contributed by atoms with E-state index in [0.717, 1.165) is 5.56 Å². The Bertz CT molecular complexity index is 1090. The molecule has 2 aromatic carbocycles. The zero-order valence-corrected chi connectivity index (χ0v) is 17.7. The molecule has 0 bridgehead atoms. The second-order valence-electron chi connectivity index (χ2n) is 8.61. The molecule has 2 fully saturated rings. The Balaban J connectivity index is 1.56. The van der Waals surface area contributed by atoms with Crippen LogP contribution in [0.2, 0.25) is 0 Å². The number of imide groups is 1. The highest BCUT2D eigenvalue weighted by molar-refractivity contribution is 6.15. The predicted octanol–water partition coefficient (Wildman–Crippen LogP) is 1.39. The van der Waals surface area contributed by atoms with Crippen molar-refractivity contribution in [3.8, 4) is 5.75 Å². The second kappa shape index (κ2) is 7.72. The minimum Gasteiger partial charge on any atom is -0.508 e. The first-order valence-corrected chi connectivity index (χ1v) is 10.8. The van der Waals surface area contributed by atoms with Gasteiger partial charge in [-0.05, 0) is 36.6 Å². The minimum absolute atomic E-state index is 0.156. The van der Waals surface area contributed by atoms with Crippen LogP contribution >= 0.6 is 0 Å². The van der Waals surface area contributed by atoms with Crippen LogP contribution in [0.15, 0.2) is 48.5 Å². The van der Waals surface area contributed by atoms with Crippen molar-refractivity contribution < 1.29 is 24.2 Å². The molecule has 4 atom stereocenters. The fourth-order valence-corrected chi connectivity index (χ4v) is 5.47. The Morgan fingerprint density at radius 1 is 1.06 bits per heavy atom. The smallest absolute Gasteiger partial charge is 0.250 e. The van der Waals surface area contributed by atoms with E-state index >= 15 is 0 Å². The summed E-state index contributed by atoms with van der Waals surface area (Å²) in [6, 6.07) is 13.7. The maximum Gasteiger partial charge on any atom is 0.250 e. The zero-order chi connectivity index (χ0) is 22.5. The van der Waals surface area contributed by atoms with E-state index in [0.29, 0.717) is 30.7 Å². The summed E-state index contributed by atoms with van der Waals surface area (Å²) in [5.41, 5.74) is 0.979. The van der Waals surface area contributed by atoms with Crippen LogP contribution in [0.4, 0.5) is 5.69 Å². The lowest BCUT2D eigenvalue weighted by Gasteiger charge is -2.29. The Hall–Kier alpha value is -3.23. The number of hydrogen-bond donors (Lipinski definition) is 3. The number of methoxy groups -OCH3 is 1. The van der Waals surface area contributed by atoms with Crippen molar-refractivity contribution in [2.45, 2.75) is 24.4 Å². The largest absolute Gasteiger partial charge is 0.508 e. The lowest BCUT2D eigenvalue weighted by Crippen LogP contribution is -2.53. The zero-order valence-electron chi connectivity index (χ0n) is 17.7. The number of phenols is 1. The van der Waals surface area contributed by atoms with Gasteiger partial charge in [0.15, 0.2) is 0 Å². The monoisotopic (exact) mass is 435 g/mol. The standard InChI is InChI=1S/C24H25N3O5/c1-32-12-4-11-27-21(29)19-18(13-14-7-9-15(28)10-8-14)26-24(20(19)22(27)30)16-5-2-3-6-17(16)25-23(24)31/h2-3,5-10,18-20,26,28H,4,11-13H2,1H3,(H,25,31)/t18-,19+,20+,24-/m1/s1. The maximum atomic E-state index is 13.6. The van der Waals surface area contributed by atoms with Crippen molar-refractivity contribution in [3.63, 3.8) is 0 Å². The van der Waals surface area contributed by atoms with E-state index in [-0.39, 0.29) is 30.0 Å². The molecule has 166 valence electrons. The number of ether oxygens (including phenoxy) is 1. The molecule has 2 saturated heterocycles. The van der Waals surface area contributed by atoms with Crippen LogP contribution in [0, 0.1) is 11.8 Å². The molecule has 5 rings (SSSR count). The molecule has 0 aromatic heterocycles. The van der Waals surface area contributed by atoms with Gasteiger partial charge in [-0.15, -0.1) is 0 Å². The second-order valence-corrected chi connectivity index (χ2v) is 8.61. The molecule has 8 heteroatoms. The Kier molecular flexibility index (Phi) is 4.98. The van der Waals surface area contributed by atoms with Gasteiger partial charge in [-0.25, -0.2) is 0 Å². The Morgan fingerprint density at radius 2 is 1.81 bits per heavy atom. The van der Waals surface area contributed by atoms with E-state index in [4.69, 9.17) is 4.74 Å². The predicted molar refractivity (Wildman–Crippen MR) is 116 cm³/mol. The van der Waals surface area contributed by atoms with Crippen molar-refractivity contribution >= 4 is 23.4 Å². The van der Waals surface area contributed by atoms with Crippen LogP contribution in [0.3, 0.4) is 0 Å². The number of nitrogens with zero attached hydrogens (tertiary/aromatic N) is 1. The first-order chi connectivity index (χ1) is 15.5. The van der Waals surface area contributed by atoms with Gasteiger partial charge in [0.25, 0.3) is 0 Å². The third-order valence-electron chi connectivity index (χ3n) is 6.84. The molecule has 3 aliphatic heterocycles. The number of nitrogens with one attached hydrogen (secondary N) is 2. The molecule has 32 heavy (non-hydrogen) atoms. The number of hydrogen-bond acceptors (Lipinski definition) is 6. The van der Waals surface area contributed by atoms with Gasteiger partial charge in [0.05, 0.1) is 11.8 Å². The van der Waals surface area contributed by atoms with Crippen molar-refractivity contribution in [2.24, 2.45) is 11.8 Å². The van der Waals surface area contributed by atoms with Gasteiger partial charge in [0.2, 0.25) is 17.7 Å². The Labute approximate surface area is 185 Å². The lowest BCUT2D eigenvalue weighted by molar-refractivity contribution is -0.143. The van der Waals surface area contributed by atoms with Crippen molar-refractivity contribution in [1.82, 2.24) is 10.2 Å². The number of phenolic OH excluding ortho intramolecular Hbond substituents is 1. The lowest BCUT2D eigenvalue weighted by atomic mass is 9.76.